The molecule has 0 aromatic carbocycles. The second-order valence-electron chi connectivity index (χ2n) is 7.50. The van der Waals surface area contributed by atoms with Gasteiger partial charge in [0, 0.05) is 12.4 Å². The van der Waals surface area contributed by atoms with Crippen molar-refractivity contribution in [2.45, 2.75) is 27.1 Å². The molecule has 0 unspecified atom stereocenters. The Kier molecular flexibility index (Phi) is 11.9. The van der Waals surface area contributed by atoms with Crippen molar-refractivity contribution >= 4 is 56.9 Å². The zero-order valence-corrected chi connectivity index (χ0v) is 25.7. The maximum Gasteiger partial charge on any atom is 1.00 e. The topological polar surface area (TPSA) is 159 Å². The van der Waals surface area contributed by atoms with Crippen LogP contribution < -0.4 is 34.3 Å². The molecule has 0 amide bonds. The Labute approximate surface area is 265 Å². The van der Waals surface area contributed by atoms with E-state index in [4.69, 9.17) is 53.5 Å². The Morgan fingerprint density at radius 3 is 1.85 bits per heavy atom. The predicted molar refractivity (Wildman–Crippen MR) is 144 cm³/mol. The fourth-order valence-corrected chi connectivity index (χ4v) is 3.49. The van der Waals surface area contributed by atoms with Crippen molar-refractivity contribution < 1.29 is 49.7 Å². The van der Waals surface area contributed by atoms with E-state index in [1.807, 2.05) is 6.92 Å². The fraction of sp³-hybridized carbons (Fsp3) is 0.167. The first-order chi connectivity index (χ1) is 18.9. The Hall–Kier alpha value is -2.97. The number of halogens is 3. The van der Waals surface area contributed by atoms with Gasteiger partial charge in [0.05, 0.1) is 30.0 Å². The van der Waals surface area contributed by atoms with Gasteiger partial charge in [0.25, 0.3) is 0 Å². The molecular formula is C24H20Cl3N8NaO4. The molecule has 6 heterocycles. The van der Waals surface area contributed by atoms with Crippen LogP contribution in [0.25, 0.3) is 22.1 Å². The van der Waals surface area contributed by atoms with E-state index in [-0.39, 0.29) is 44.2 Å². The summed E-state index contributed by atoms with van der Waals surface area (Å²) in [5.41, 5.74) is 3.76. The van der Waals surface area contributed by atoms with Gasteiger partial charge in [-0.1, -0.05) is 34.8 Å². The third kappa shape index (κ3) is 8.27. The minimum Gasteiger partial charge on any atom is -1.00 e. The van der Waals surface area contributed by atoms with E-state index in [1.54, 1.807) is 31.5 Å². The molecule has 6 aromatic heterocycles. The first-order valence-corrected chi connectivity index (χ1v) is 12.2. The number of ether oxygens (including phenoxy) is 1. The van der Waals surface area contributed by atoms with E-state index >= 15 is 0 Å². The Bertz CT molecular complexity index is 1710. The molecule has 12 nitrogen and oxygen atoms in total. The quantitative estimate of drug-likeness (QED) is 0.229. The third-order valence-corrected chi connectivity index (χ3v) is 5.71. The molecule has 16 heteroatoms. The van der Waals surface area contributed by atoms with Crippen LogP contribution in [0.2, 0.25) is 15.5 Å². The standard InChI is InChI=1S/C12H9ClN4O2.C7H3Cl2N3.C5H7NO2.Na.H/c1-7-9(16-6-19-7)5-18-10-4-15-11-8(17-10)2-3-14-12(11)13;8-5-3-11-6-4(12-5)1-2-10-7(6)9;1-4-5(2-7)6-3-8-4;;/h2-4,6H,5H2,1H3;1-3H;3,7H,2H2,1H3;;/q;;;+1;-1. The molecule has 6 aromatic rings. The van der Waals surface area contributed by atoms with Crippen LogP contribution in [0.4, 0.5) is 0 Å². The van der Waals surface area contributed by atoms with Gasteiger partial charge in [-0.25, -0.2) is 39.9 Å². The number of aryl methyl sites for hydroxylation is 2. The fourth-order valence-electron chi connectivity index (χ4n) is 2.95. The van der Waals surface area contributed by atoms with Crippen molar-refractivity contribution in [3.05, 3.63) is 88.1 Å². The van der Waals surface area contributed by atoms with E-state index in [0.29, 0.717) is 54.9 Å². The average Bonchev–Trinajstić information content (AvgIpc) is 3.55. The summed E-state index contributed by atoms with van der Waals surface area (Å²) in [7, 11) is 0. The molecule has 0 saturated carbocycles. The van der Waals surface area contributed by atoms with Crippen LogP contribution in [0.15, 0.2) is 58.5 Å². The van der Waals surface area contributed by atoms with Crippen molar-refractivity contribution in [1.29, 1.82) is 0 Å². The van der Waals surface area contributed by atoms with Crippen LogP contribution in [0.3, 0.4) is 0 Å². The molecule has 0 radical (unpaired) electrons. The van der Waals surface area contributed by atoms with E-state index in [9.17, 15) is 0 Å². The summed E-state index contributed by atoms with van der Waals surface area (Å²) < 4.78 is 15.4. The summed E-state index contributed by atoms with van der Waals surface area (Å²) in [6.45, 7) is 3.82. The predicted octanol–water partition coefficient (Wildman–Crippen LogP) is 2.48. The largest absolute Gasteiger partial charge is 1.00 e. The molecular weight excluding hydrogens is 594 g/mol. The summed E-state index contributed by atoms with van der Waals surface area (Å²) in [4.78, 5) is 32.0. The molecule has 0 fully saturated rings. The van der Waals surface area contributed by atoms with Crippen LogP contribution in [0, 0.1) is 13.8 Å². The van der Waals surface area contributed by atoms with Gasteiger partial charge in [-0.2, -0.15) is 0 Å². The monoisotopic (exact) mass is 612 g/mol. The molecule has 0 bridgehead atoms. The number of aliphatic hydroxyl groups is 1. The van der Waals surface area contributed by atoms with Gasteiger partial charge in [-0.15, -0.1) is 0 Å². The van der Waals surface area contributed by atoms with E-state index in [1.165, 1.54) is 25.2 Å². The Morgan fingerprint density at radius 1 is 0.775 bits per heavy atom. The summed E-state index contributed by atoms with van der Waals surface area (Å²) in [6.07, 6.45) is 8.79. The summed E-state index contributed by atoms with van der Waals surface area (Å²) in [5, 5.41) is 9.50. The second kappa shape index (κ2) is 15.1. The number of oxazole rings is 2. The van der Waals surface area contributed by atoms with Gasteiger partial charge in [-0.05, 0) is 26.0 Å². The zero-order chi connectivity index (χ0) is 27.8. The van der Waals surface area contributed by atoms with Crippen LogP contribution in [0.5, 0.6) is 5.88 Å². The van der Waals surface area contributed by atoms with Crippen molar-refractivity contribution in [2.24, 2.45) is 0 Å². The average molecular weight is 614 g/mol. The number of hydrogen-bond acceptors (Lipinski definition) is 12. The molecule has 202 valence electrons. The second-order valence-corrected chi connectivity index (χ2v) is 8.60. The Morgan fingerprint density at radius 2 is 1.32 bits per heavy atom. The minimum atomic E-state index is -0.0394. The number of aliphatic hydroxyl groups excluding tert-OH is 1. The smallest absolute Gasteiger partial charge is 1.00 e. The van der Waals surface area contributed by atoms with Crippen molar-refractivity contribution in [3.8, 4) is 5.88 Å². The number of rotatable bonds is 4. The SMILES string of the molecule is Cc1ocnc1CO.Cc1ocnc1COc1cnc2c(Cl)nccc2n1.Clc1cnc2c(Cl)nccc2n1.[H-].[Na+]. The molecule has 0 saturated heterocycles. The van der Waals surface area contributed by atoms with Gasteiger partial charge in [0.15, 0.2) is 23.1 Å². The van der Waals surface area contributed by atoms with Crippen LogP contribution >= 0.6 is 34.8 Å². The van der Waals surface area contributed by atoms with Crippen LogP contribution in [-0.2, 0) is 13.2 Å². The number of nitrogens with zero attached hydrogens (tertiary/aromatic N) is 8. The molecule has 0 aliphatic rings. The van der Waals surface area contributed by atoms with Gasteiger partial charge < -0.3 is 20.1 Å². The molecule has 0 spiro atoms. The van der Waals surface area contributed by atoms with Gasteiger partial charge in [0.2, 0.25) is 5.88 Å². The third-order valence-electron chi connectivity index (χ3n) is 4.97. The van der Waals surface area contributed by atoms with Gasteiger partial charge in [-0.3, -0.25) is 0 Å². The number of aromatic nitrogens is 8. The molecule has 40 heavy (non-hydrogen) atoms. The first kappa shape index (κ1) is 31.6. The number of hydrogen-bond donors (Lipinski definition) is 1. The van der Waals surface area contributed by atoms with E-state index in [0.717, 1.165) is 11.5 Å². The van der Waals surface area contributed by atoms with Crippen LogP contribution in [-0.4, -0.2) is 45.0 Å². The summed E-state index contributed by atoms with van der Waals surface area (Å²) >= 11 is 17.3. The van der Waals surface area contributed by atoms with E-state index < -0.39 is 0 Å². The van der Waals surface area contributed by atoms with Crippen molar-refractivity contribution in [1.82, 2.24) is 39.9 Å². The van der Waals surface area contributed by atoms with Crippen molar-refractivity contribution in [2.75, 3.05) is 0 Å². The maximum absolute atomic E-state index is 8.48. The van der Waals surface area contributed by atoms with Gasteiger partial charge in [0.1, 0.15) is 45.7 Å². The molecule has 0 atom stereocenters. The van der Waals surface area contributed by atoms with Crippen molar-refractivity contribution in [3.63, 3.8) is 0 Å². The Balaban J connectivity index is 0.000000230. The molecule has 0 aliphatic heterocycles. The normalized spacial score (nSPS) is 10.2. The number of fused-ring (bicyclic) bond motifs is 2. The molecule has 1 N–H and O–H groups in total. The van der Waals surface area contributed by atoms with Gasteiger partial charge >= 0.3 is 29.6 Å². The first-order valence-electron chi connectivity index (χ1n) is 11.1. The zero-order valence-electron chi connectivity index (χ0n) is 22.4. The van der Waals surface area contributed by atoms with Crippen LogP contribution in [0.1, 0.15) is 24.3 Å². The van der Waals surface area contributed by atoms with E-state index in [2.05, 4.69) is 39.9 Å². The number of pyridine rings is 2. The molecule has 0 aliphatic carbocycles. The summed E-state index contributed by atoms with van der Waals surface area (Å²) in [6, 6.07) is 3.43. The molecule has 6 rings (SSSR count). The summed E-state index contributed by atoms with van der Waals surface area (Å²) in [5.74, 6) is 1.81. The maximum atomic E-state index is 8.48. The minimum absolute atomic E-state index is 0.